The summed E-state index contributed by atoms with van der Waals surface area (Å²) >= 11 is 1.68. The van der Waals surface area contributed by atoms with E-state index in [0.29, 0.717) is 6.04 Å². The van der Waals surface area contributed by atoms with E-state index in [1.54, 1.807) is 11.9 Å². The van der Waals surface area contributed by atoms with Gasteiger partial charge in [0.2, 0.25) is 0 Å². The maximum Gasteiger partial charge on any atom is 0.0578 e. The second-order valence-corrected chi connectivity index (χ2v) is 3.01. The third-order valence-corrected chi connectivity index (χ3v) is 2.39. The van der Waals surface area contributed by atoms with E-state index in [1.165, 1.54) is 4.91 Å². The molecule has 2 aliphatic rings. The highest BCUT2D eigenvalue weighted by atomic mass is 32.2. The van der Waals surface area contributed by atoms with Gasteiger partial charge in [-0.3, -0.25) is 0 Å². The average Bonchev–Trinajstić information content (AvgIpc) is 2.33. The molecule has 0 amide bonds. The van der Waals surface area contributed by atoms with Crippen molar-refractivity contribution in [1.82, 2.24) is 10.3 Å². The standard InChI is InChI=1S/C6H8N2S/c1-2-4-6-5(3-1)7-8-9-6/h1-2,4-5,7-8H,3H2. The second kappa shape index (κ2) is 2.17. The number of hydrogen-bond donors (Lipinski definition) is 2. The zero-order valence-corrected chi connectivity index (χ0v) is 5.74. The van der Waals surface area contributed by atoms with Crippen LogP contribution in [0.3, 0.4) is 0 Å². The summed E-state index contributed by atoms with van der Waals surface area (Å²) < 4.78 is 0. The van der Waals surface area contributed by atoms with Gasteiger partial charge in [-0.15, -0.1) is 0 Å². The number of rotatable bonds is 0. The lowest BCUT2D eigenvalue weighted by Crippen LogP contribution is -2.28. The lowest BCUT2D eigenvalue weighted by atomic mass is 10.1. The van der Waals surface area contributed by atoms with Crippen molar-refractivity contribution < 1.29 is 0 Å². The predicted molar refractivity (Wildman–Crippen MR) is 39.5 cm³/mol. The summed E-state index contributed by atoms with van der Waals surface area (Å²) in [5.41, 5.74) is 3.15. The molecule has 0 bridgehead atoms. The Bertz CT molecular complexity index is 174. The molecule has 1 aliphatic carbocycles. The molecule has 0 saturated carbocycles. The van der Waals surface area contributed by atoms with E-state index in [-0.39, 0.29) is 0 Å². The number of hydrazine groups is 1. The number of hydrogen-bond acceptors (Lipinski definition) is 3. The van der Waals surface area contributed by atoms with E-state index in [4.69, 9.17) is 0 Å². The first-order valence-corrected chi connectivity index (χ1v) is 3.82. The molecule has 0 aromatic heterocycles. The molecular formula is C6H8N2S. The van der Waals surface area contributed by atoms with Crippen LogP contribution in [0, 0.1) is 0 Å². The highest BCUT2D eigenvalue weighted by Gasteiger charge is 2.20. The molecule has 1 aliphatic heterocycles. The molecule has 1 heterocycles. The van der Waals surface area contributed by atoms with Crippen LogP contribution in [0.15, 0.2) is 23.1 Å². The molecule has 2 N–H and O–H groups in total. The van der Waals surface area contributed by atoms with E-state index in [2.05, 4.69) is 28.5 Å². The molecule has 0 aromatic carbocycles. The zero-order chi connectivity index (χ0) is 6.10. The van der Waals surface area contributed by atoms with Crippen LogP contribution >= 0.6 is 11.9 Å². The van der Waals surface area contributed by atoms with E-state index in [1.807, 2.05) is 0 Å². The second-order valence-electron chi connectivity index (χ2n) is 2.13. The minimum Gasteiger partial charge on any atom is -0.239 e. The van der Waals surface area contributed by atoms with Gasteiger partial charge in [-0.05, 0) is 24.4 Å². The number of fused-ring (bicyclic) bond motifs is 1. The third kappa shape index (κ3) is 0.913. The zero-order valence-electron chi connectivity index (χ0n) is 4.92. The summed E-state index contributed by atoms with van der Waals surface area (Å²) in [5, 5.41) is 0. The Labute approximate surface area is 58.5 Å². The molecule has 1 atom stereocenters. The van der Waals surface area contributed by atoms with Crippen LogP contribution in [-0.4, -0.2) is 6.04 Å². The van der Waals surface area contributed by atoms with Gasteiger partial charge >= 0.3 is 0 Å². The number of allylic oxidation sites excluding steroid dienone is 2. The Morgan fingerprint density at radius 3 is 3.56 bits per heavy atom. The van der Waals surface area contributed by atoms with Crippen molar-refractivity contribution in [2.45, 2.75) is 12.5 Å². The maximum absolute atomic E-state index is 3.15. The van der Waals surface area contributed by atoms with Gasteiger partial charge in [0, 0.05) is 4.91 Å². The largest absolute Gasteiger partial charge is 0.239 e. The molecule has 0 aromatic rings. The van der Waals surface area contributed by atoms with Crippen LogP contribution in [-0.2, 0) is 0 Å². The molecule has 48 valence electrons. The molecule has 2 nitrogen and oxygen atoms in total. The molecule has 9 heavy (non-hydrogen) atoms. The Morgan fingerprint density at radius 2 is 2.67 bits per heavy atom. The fourth-order valence-corrected chi connectivity index (χ4v) is 1.77. The minimum absolute atomic E-state index is 0.542. The lowest BCUT2D eigenvalue weighted by molar-refractivity contribution is 0.606. The van der Waals surface area contributed by atoms with Gasteiger partial charge in [-0.1, -0.05) is 12.2 Å². The van der Waals surface area contributed by atoms with Crippen molar-refractivity contribution in [2.75, 3.05) is 0 Å². The Morgan fingerprint density at radius 1 is 1.67 bits per heavy atom. The molecule has 1 fully saturated rings. The molecule has 1 saturated heterocycles. The van der Waals surface area contributed by atoms with E-state index in [0.717, 1.165) is 6.42 Å². The summed E-state index contributed by atoms with van der Waals surface area (Å²) in [6, 6.07) is 0.542. The normalized spacial score (nSPS) is 32.0. The smallest absolute Gasteiger partial charge is 0.0578 e. The SMILES string of the molecule is C1=CCC2NNSC2=C1. The van der Waals surface area contributed by atoms with Crippen LogP contribution < -0.4 is 10.3 Å². The van der Waals surface area contributed by atoms with Crippen molar-refractivity contribution in [2.24, 2.45) is 0 Å². The summed E-state index contributed by atoms with van der Waals surface area (Å²) in [7, 11) is 0. The highest BCUT2D eigenvalue weighted by molar-refractivity contribution is 8.01. The van der Waals surface area contributed by atoms with Gasteiger partial charge in [-0.25, -0.2) is 5.43 Å². The monoisotopic (exact) mass is 140 g/mol. The fraction of sp³-hybridized carbons (Fsp3) is 0.333. The summed E-state index contributed by atoms with van der Waals surface area (Å²) in [6.07, 6.45) is 7.54. The molecule has 2 rings (SSSR count). The van der Waals surface area contributed by atoms with Crippen molar-refractivity contribution >= 4 is 11.9 Å². The highest BCUT2D eigenvalue weighted by Crippen LogP contribution is 2.25. The third-order valence-electron chi connectivity index (χ3n) is 1.51. The van der Waals surface area contributed by atoms with Crippen molar-refractivity contribution in [3.05, 3.63) is 23.1 Å². The fourth-order valence-electron chi connectivity index (χ4n) is 1.00. The summed E-state index contributed by atoms with van der Waals surface area (Å²) in [4.78, 5) is 4.42. The van der Waals surface area contributed by atoms with Crippen LogP contribution in [0.4, 0.5) is 0 Å². The van der Waals surface area contributed by atoms with Gasteiger partial charge in [0.1, 0.15) is 0 Å². The van der Waals surface area contributed by atoms with Gasteiger partial charge in [0.15, 0.2) is 0 Å². The quantitative estimate of drug-likeness (QED) is 0.490. The van der Waals surface area contributed by atoms with E-state index in [9.17, 15) is 0 Å². The molecular weight excluding hydrogens is 132 g/mol. The Balaban J connectivity index is 2.23. The topological polar surface area (TPSA) is 24.1 Å². The first kappa shape index (κ1) is 5.53. The number of nitrogens with one attached hydrogen (secondary N) is 2. The van der Waals surface area contributed by atoms with E-state index < -0.39 is 0 Å². The minimum atomic E-state index is 0.542. The van der Waals surface area contributed by atoms with E-state index >= 15 is 0 Å². The van der Waals surface area contributed by atoms with Crippen molar-refractivity contribution in [3.63, 3.8) is 0 Å². The van der Waals surface area contributed by atoms with Gasteiger partial charge in [-0.2, -0.15) is 4.83 Å². The van der Waals surface area contributed by atoms with Crippen LogP contribution in [0.5, 0.6) is 0 Å². The summed E-state index contributed by atoms with van der Waals surface area (Å²) in [6.45, 7) is 0. The molecule has 0 spiro atoms. The van der Waals surface area contributed by atoms with Crippen molar-refractivity contribution in [1.29, 1.82) is 0 Å². The predicted octanol–water partition coefficient (Wildman–Crippen LogP) is 0.955. The Hall–Kier alpha value is -0.250. The van der Waals surface area contributed by atoms with Gasteiger partial charge in [0.05, 0.1) is 6.04 Å². The summed E-state index contributed by atoms with van der Waals surface area (Å²) in [5.74, 6) is 0. The molecule has 0 radical (unpaired) electrons. The first-order valence-electron chi connectivity index (χ1n) is 3.01. The molecule has 3 heteroatoms. The molecule has 1 unspecified atom stereocenters. The van der Waals surface area contributed by atoms with Gasteiger partial charge in [0.25, 0.3) is 0 Å². The van der Waals surface area contributed by atoms with Crippen LogP contribution in [0.1, 0.15) is 6.42 Å². The first-order chi connectivity index (χ1) is 4.47. The van der Waals surface area contributed by atoms with Gasteiger partial charge < -0.3 is 0 Å². The maximum atomic E-state index is 3.15. The van der Waals surface area contributed by atoms with Crippen LogP contribution in [0.25, 0.3) is 0 Å². The lowest BCUT2D eigenvalue weighted by Gasteiger charge is -2.08. The van der Waals surface area contributed by atoms with Crippen LogP contribution in [0.2, 0.25) is 0 Å². The van der Waals surface area contributed by atoms with Crippen molar-refractivity contribution in [3.8, 4) is 0 Å². The Kier molecular flexibility index (Phi) is 1.33. The average molecular weight is 140 g/mol.